The van der Waals surface area contributed by atoms with E-state index in [-0.39, 0.29) is 70.0 Å². The summed E-state index contributed by atoms with van der Waals surface area (Å²) < 4.78 is 49.0. The second-order valence-electron chi connectivity index (χ2n) is 20.8. The Morgan fingerprint density at radius 3 is 1.77 bits per heavy atom. The third-order valence-electron chi connectivity index (χ3n) is 16.2. The minimum Gasteiger partial charge on any atom is -0.463 e. The highest BCUT2D eigenvalue weighted by molar-refractivity contribution is 5.69. The number of allylic oxidation sites excluding steroid dienone is 2. The fourth-order valence-corrected chi connectivity index (χ4v) is 13.7. The molecular weight excluding hydrogens is 801 g/mol. The normalized spacial score (nSPS) is 39.2. The summed E-state index contributed by atoms with van der Waals surface area (Å²) in [6.45, 7) is 25.2. The van der Waals surface area contributed by atoms with Gasteiger partial charge in [-0.1, -0.05) is 46.3 Å². The molecule has 4 unspecified atom stereocenters. The third kappa shape index (κ3) is 9.61. The monoisotopic (exact) mass is 875 g/mol. The van der Waals surface area contributed by atoms with E-state index >= 15 is 0 Å². The standard InChI is InChI=1S/C48H74O14/c1-26(2)16-15-20-48(14,62-43-42(60-32(8)54)41(59-31(7)53)40(58-30(6)52)35(61-43)25-55-27(3)49)33-17-22-47(13)39(33)34(56-28(4)50)24-37-45(11)21-19-38(57-29(5)51)44(9,10)36(45)18-23-46(37,47)12/h16,33-43H,15,17-25H2,1-14H3/t33?,34?,35-,36?,37?,38+,39+,40-,41+,42-,43-,45+,46-,47-,48+/m1/s1. The molecule has 0 amide bonds. The zero-order valence-electron chi connectivity index (χ0n) is 39.7. The summed E-state index contributed by atoms with van der Waals surface area (Å²) in [5.74, 6) is -3.25. The van der Waals surface area contributed by atoms with Crippen LogP contribution in [0.15, 0.2) is 11.6 Å². The SMILES string of the molecule is CC(=O)OC[C@H]1O[C@H](O[C@@](C)(CCC=C(C)C)C2CC[C@]3(C)[C@@H]2C(OC(C)=O)CC2[C@@]4(C)CC[C@H](OC(C)=O)C(C)(C)C4CC[C@]23C)[C@H](OC(C)=O)[C@@H](OC(C)=O)[C@@H]1OC(C)=O. The molecule has 15 atom stereocenters. The summed E-state index contributed by atoms with van der Waals surface area (Å²) >= 11 is 0. The van der Waals surface area contributed by atoms with Crippen LogP contribution in [-0.4, -0.2) is 90.9 Å². The lowest BCUT2D eigenvalue weighted by molar-refractivity contribution is -0.339. The van der Waals surface area contributed by atoms with Gasteiger partial charge in [-0.3, -0.25) is 28.8 Å². The number of esters is 6. The van der Waals surface area contributed by atoms with Gasteiger partial charge in [0.05, 0.1) is 5.60 Å². The average Bonchev–Trinajstić information content (AvgIpc) is 3.51. The highest BCUT2D eigenvalue weighted by Crippen LogP contribution is 2.76. The predicted molar refractivity (Wildman–Crippen MR) is 226 cm³/mol. The van der Waals surface area contributed by atoms with Gasteiger partial charge in [0.2, 0.25) is 0 Å². The molecule has 1 aliphatic heterocycles. The van der Waals surface area contributed by atoms with E-state index in [0.29, 0.717) is 19.3 Å². The molecule has 4 aliphatic carbocycles. The first-order valence-corrected chi connectivity index (χ1v) is 22.7. The van der Waals surface area contributed by atoms with Gasteiger partial charge in [0.1, 0.15) is 24.9 Å². The van der Waals surface area contributed by atoms with Crippen molar-refractivity contribution in [3.8, 4) is 0 Å². The molecule has 5 rings (SSSR count). The van der Waals surface area contributed by atoms with Gasteiger partial charge >= 0.3 is 35.8 Å². The van der Waals surface area contributed by atoms with E-state index in [0.717, 1.165) is 44.1 Å². The minimum absolute atomic E-state index is 0.116. The Morgan fingerprint density at radius 2 is 1.21 bits per heavy atom. The molecule has 0 N–H and O–H groups in total. The zero-order valence-corrected chi connectivity index (χ0v) is 39.7. The van der Waals surface area contributed by atoms with Crippen LogP contribution in [0.3, 0.4) is 0 Å². The Hall–Kier alpha value is -3.52. The van der Waals surface area contributed by atoms with Crippen LogP contribution in [0.5, 0.6) is 0 Å². The highest BCUT2D eigenvalue weighted by atomic mass is 16.7. The van der Waals surface area contributed by atoms with Gasteiger partial charge in [0.25, 0.3) is 0 Å². The van der Waals surface area contributed by atoms with Crippen LogP contribution < -0.4 is 0 Å². The second-order valence-corrected chi connectivity index (χ2v) is 20.8. The second kappa shape index (κ2) is 18.5. The molecule has 4 saturated carbocycles. The van der Waals surface area contributed by atoms with Gasteiger partial charge in [-0.2, -0.15) is 0 Å². The number of ether oxygens (including phenoxy) is 8. The first kappa shape index (κ1) is 49.5. The lowest BCUT2D eigenvalue weighted by Gasteiger charge is -2.70. The van der Waals surface area contributed by atoms with Crippen LogP contribution in [0, 0.1) is 45.3 Å². The first-order valence-electron chi connectivity index (χ1n) is 22.7. The summed E-state index contributed by atoms with van der Waals surface area (Å²) in [4.78, 5) is 75.5. The van der Waals surface area contributed by atoms with Crippen molar-refractivity contribution in [1.82, 2.24) is 0 Å². The topological polar surface area (TPSA) is 176 Å². The molecule has 0 radical (unpaired) electrons. The van der Waals surface area contributed by atoms with Crippen molar-refractivity contribution < 1.29 is 66.7 Å². The van der Waals surface area contributed by atoms with Crippen molar-refractivity contribution in [2.24, 2.45) is 45.3 Å². The molecule has 0 aromatic heterocycles. The van der Waals surface area contributed by atoms with Crippen molar-refractivity contribution in [3.63, 3.8) is 0 Å². The van der Waals surface area contributed by atoms with Gasteiger partial charge < -0.3 is 37.9 Å². The Kier molecular flexibility index (Phi) is 14.8. The lowest BCUT2D eigenvalue weighted by Crippen LogP contribution is -2.67. The molecule has 0 bridgehead atoms. The quantitative estimate of drug-likeness (QED) is 0.0997. The van der Waals surface area contributed by atoms with Gasteiger partial charge in [0.15, 0.2) is 24.6 Å². The molecule has 350 valence electrons. The molecule has 0 aromatic rings. The predicted octanol–water partition coefficient (Wildman–Crippen LogP) is 7.75. The summed E-state index contributed by atoms with van der Waals surface area (Å²) in [5, 5.41) is 0. The number of hydrogen-bond acceptors (Lipinski definition) is 14. The van der Waals surface area contributed by atoms with Crippen molar-refractivity contribution >= 4 is 35.8 Å². The van der Waals surface area contributed by atoms with E-state index in [4.69, 9.17) is 37.9 Å². The van der Waals surface area contributed by atoms with Crippen LogP contribution >= 0.6 is 0 Å². The van der Waals surface area contributed by atoms with E-state index in [1.807, 2.05) is 20.8 Å². The molecule has 1 saturated heterocycles. The molecule has 5 fully saturated rings. The molecule has 0 spiro atoms. The zero-order chi connectivity index (χ0) is 46.3. The third-order valence-corrected chi connectivity index (χ3v) is 16.2. The summed E-state index contributed by atoms with van der Waals surface area (Å²) in [7, 11) is 0. The number of rotatable bonds is 13. The van der Waals surface area contributed by atoms with Crippen molar-refractivity contribution in [2.45, 2.75) is 203 Å². The molecular formula is C48H74O14. The van der Waals surface area contributed by atoms with E-state index in [2.05, 4.69) is 40.7 Å². The summed E-state index contributed by atoms with van der Waals surface area (Å²) in [6, 6.07) is 0. The Balaban J connectivity index is 1.61. The smallest absolute Gasteiger partial charge is 0.303 e. The van der Waals surface area contributed by atoms with Crippen LogP contribution in [0.2, 0.25) is 0 Å². The summed E-state index contributed by atoms with van der Waals surface area (Å²) in [6.07, 6.45) is 1.83. The van der Waals surface area contributed by atoms with Gasteiger partial charge in [-0.15, -0.1) is 0 Å². The van der Waals surface area contributed by atoms with Crippen molar-refractivity contribution in [3.05, 3.63) is 11.6 Å². The molecule has 5 aliphatic rings. The van der Waals surface area contributed by atoms with Crippen LogP contribution in [0.1, 0.15) is 155 Å². The van der Waals surface area contributed by atoms with Crippen molar-refractivity contribution in [2.75, 3.05) is 6.61 Å². The maximum absolute atomic E-state index is 13.2. The van der Waals surface area contributed by atoms with Crippen LogP contribution in [0.4, 0.5) is 0 Å². The molecule has 14 heteroatoms. The molecule has 14 nitrogen and oxygen atoms in total. The van der Waals surface area contributed by atoms with E-state index < -0.39 is 66.3 Å². The highest BCUT2D eigenvalue weighted by Gasteiger charge is 2.73. The van der Waals surface area contributed by atoms with Gasteiger partial charge in [0, 0.05) is 52.9 Å². The fourth-order valence-electron chi connectivity index (χ4n) is 13.7. The number of carbonyl (C=O) groups is 6. The van der Waals surface area contributed by atoms with E-state index in [1.165, 1.54) is 41.5 Å². The number of fused-ring (bicyclic) bond motifs is 5. The minimum atomic E-state index is -1.39. The van der Waals surface area contributed by atoms with Gasteiger partial charge in [-0.05, 0) is 113 Å². The van der Waals surface area contributed by atoms with Crippen molar-refractivity contribution in [1.29, 1.82) is 0 Å². The lowest BCUT2D eigenvalue weighted by atomic mass is 9.35. The number of carbonyl (C=O) groups excluding carboxylic acids is 6. The molecule has 1 heterocycles. The molecule has 0 aromatic carbocycles. The van der Waals surface area contributed by atoms with Crippen LogP contribution in [0.25, 0.3) is 0 Å². The Bertz CT molecular complexity index is 1750. The maximum Gasteiger partial charge on any atom is 0.303 e. The fraction of sp³-hybridized carbons (Fsp3) is 0.833. The Labute approximate surface area is 368 Å². The largest absolute Gasteiger partial charge is 0.463 e. The average molecular weight is 875 g/mol. The van der Waals surface area contributed by atoms with Gasteiger partial charge in [-0.25, -0.2) is 0 Å². The Morgan fingerprint density at radius 1 is 0.645 bits per heavy atom. The molecule has 62 heavy (non-hydrogen) atoms. The van der Waals surface area contributed by atoms with E-state index in [1.54, 1.807) is 0 Å². The van der Waals surface area contributed by atoms with E-state index in [9.17, 15) is 28.8 Å². The maximum atomic E-state index is 13.2. The summed E-state index contributed by atoms with van der Waals surface area (Å²) in [5.41, 5.74) is -0.741. The number of hydrogen-bond donors (Lipinski definition) is 0. The first-order chi connectivity index (χ1) is 28.7. The van der Waals surface area contributed by atoms with Crippen LogP contribution in [-0.2, 0) is 66.7 Å².